The first-order valence-corrected chi connectivity index (χ1v) is 14.3. The molecule has 1 unspecified atom stereocenters. The summed E-state index contributed by atoms with van der Waals surface area (Å²) in [5.74, 6) is 0.737. The van der Waals surface area contributed by atoms with E-state index < -0.39 is 10.0 Å². The van der Waals surface area contributed by atoms with Crippen molar-refractivity contribution in [3.63, 3.8) is 0 Å². The summed E-state index contributed by atoms with van der Waals surface area (Å²) in [5, 5.41) is 4.91. The summed E-state index contributed by atoms with van der Waals surface area (Å²) >= 11 is 0. The highest BCUT2D eigenvalue weighted by Gasteiger charge is 2.29. The van der Waals surface area contributed by atoms with Crippen LogP contribution in [0, 0.1) is 13.8 Å². The second kappa shape index (κ2) is 10.1. The van der Waals surface area contributed by atoms with Crippen molar-refractivity contribution in [1.82, 2.24) is 19.5 Å². The number of rotatable bonds is 2. The van der Waals surface area contributed by atoms with Gasteiger partial charge in [-0.1, -0.05) is 18.6 Å². The van der Waals surface area contributed by atoms with Crippen molar-refractivity contribution in [2.45, 2.75) is 52.5 Å². The van der Waals surface area contributed by atoms with E-state index in [-0.39, 0.29) is 11.9 Å². The molecule has 2 aromatic heterocycles. The topological polar surface area (TPSA) is 91.1 Å². The van der Waals surface area contributed by atoms with Crippen LogP contribution in [0.25, 0.3) is 5.65 Å². The molecule has 9 nitrogen and oxygen atoms in total. The lowest BCUT2D eigenvalue weighted by Gasteiger charge is -2.30. The third-order valence-corrected chi connectivity index (χ3v) is 8.12. The lowest BCUT2D eigenvalue weighted by atomic mass is 10.0. The van der Waals surface area contributed by atoms with Gasteiger partial charge < -0.3 is 9.80 Å². The number of hydrogen-bond acceptors (Lipinski definition) is 6. The molecule has 0 spiro atoms. The average molecular weight is 513 g/mol. The molecule has 0 N–H and O–H groups in total. The summed E-state index contributed by atoms with van der Waals surface area (Å²) in [5.41, 5.74) is 4.21. The monoisotopic (exact) mass is 512 g/mol. The third kappa shape index (κ3) is 4.91. The van der Waals surface area contributed by atoms with Crippen molar-refractivity contribution in [2.75, 3.05) is 42.6 Å². The third-order valence-electron chi connectivity index (χ3n) is 6.94. The summed E-state index contributed by atoms with van der Waals surface area (Å²) < 4.78 is 28.9. The van der Waals surface area contributed by atoms with E-state index >= 15 is 0 Å². The van der Waals surface area contributed by atoms with Crippen LogP contribution in [0.15, 0.2) is 30.5 Å². The second-order valence-corrected chi connectivity index (χ2v) is 11.7. The minimum atomic E-state index is -3.58. The van der Waals surface area contributed by atoms with E-state index in [9.17, 15) is 13.2 Å². The van der Waals surface area contributed by atoms with Crippen LogP contribution in [0.3, 0.4) is 0 Å². The zero-order valence-electron chi connectivity index (χ0n) is 22.0. The van der Waals surface area contributed by atoms with Gasteiger partial charge in [-0.15, -0.1) is 0 Å². The Hall–Kier alpha value is -3.14. The van der Waals surface area contributed by atoms with E-state index in [0.29, 0.717) is 30.6 Å². The normalized spacial score (nSPS) is 18.2. The molecule has 10 heteroatoms. The Morgan fingerprint density at radius 3 is 2.47 bits per heavy atom. The van der Waals surface area contributed by atoms with Crippen LogP contribution in [0.5, 0.6) is 0 Å². The molecule has 1 aliphatic rings. The minimum absolute atomic E-state index is 0.236. The van der Waals surface area contributed by atoms with Crippen LogP contribution >= 0.6 is 0 Å². The first-order chi connectivity index (χ1) is 17.0. The molecule has 4 rings (SSSR count). The van der Waals surface area contributed by atoms with E-state index in [4.69, 9.17) is 5.10 Å². The predicted octanol–water partition coefficient (Wildman–Crippen LogP) is 3.96. The number of benzene rings is 1. The molecule has 36 heavy (non-hydrogen) atoms. The molecule has 1 aromatic carbocycles. The molecule has 0 fully saturated rings. The van der Waals surface area contributed by atoms with E-state index in [1.807, 2.05) is 50.7 Å². The molecular formula is C26H36N6O3S. The van der Waals surface area contributed by atoms with Gasteiger partial charge in [0.2, 0.25) is 10.0 Å². The molecule has 0 saturated carbocycles. The lowest BCUT2D eigenvalue weighted by molar-refractivity contribution is 0.0723. The van der Waals surface area contributed by atoms with Crippen molar-refractivity contribution >= 4 is 33.1 Å². The Bertz CT molecular complexity index is 1380. The summed E-state index contributed by atoms with van der Waals surface area (Å²) in [4.78, 5) is 22.3. The predicted molar refractivity (Wildman–Crippen MR) is 143 cm³/mol. The standard InChI is InChI=1S/C26H36N6O3S/c1-7-22-21-16-24-27-17-19(3)25(32(24)28-21)29(4)13-9-8-10-14-31(36(6,34)35)23-12-11-18(2)15-20(23)26(33)30(22)5/h11-12,15-17,22H,7-10,13-14H2,1-6H3. The second-order valence-electron chi connectivity index (χ2n) is 9.78. The Balaban J connectivity index is 1.88. The lowest BCUT2D eigenvalue weighted by Crippen LogP contribution is -2.36. The zero-order valence-corrected chi connectivity index (χ0v) is 22.8. The maximum Gasteiger partial charge on any atom is 0.256 e. The molecule has 3 aromatic rings. The molecule has 1 amide bonds. The van der Waals surface area contributed by atoms with Crippen molar-refractivity contribution in [1.29, 1.82) is 0 Å². The van der Waals surface area contributed by atoms with Crippen molar-refractivity contribution in [2.24, 2.45) is 0 Å². The van der Waals surface area contributed by atoms with Crippen LogP contribution in [0.2, 0.25) is 0 Å². The minimum Gasteiger partial charge on any atom is -0.359 e. The van der Waals surface area contributed by atoms with Gasteiger partial charge in [0.05, 0.1) is 29.2 Å². The van der Waals surface area contributed by atoms with Gasteiger partial charge in [0.1, 0.15) is 5.82 Å². The molecule has 194 valence electrons. The Morgan fingerprint density at radius 2 is 1.78 bits per heavy atom. The number of aryl methyl sites for hydroxylation is 2. The van der Waals surface area contributed by atoms with Gasteiger partial charge >= 0.3 is 0 Å². The Kier molecular flexibility index (Phi) is 7.26. The van der Waals surface area contributed by atoms with Gasteiger partial charge in [-0.2, -0.15) is 9.61 Å². The molecule has 0 radical (unpaired) electrons. The largest absolute Gasteiger partial charge is 0.359 e. The molecule has 0 aliphatic carbocycles. The fraction of sp³-hybridized carbons (Fsp3) is 0.500. The molecule has 2 bridgehead atoms. The summed E-state index contributed by atoms with van der Waals surface area (Å²) in [7, 11) is 0.218. The number of fused-ring (bicyclic) bond motifs is 2. The smallest absolute Gasteiger partial charge is 0.256 e. The number of carbonyl (C=O) groups excluding carboxylic acids is 1. The molecular weight excluding hydrogens is 476 g/mol. The van der Waals surface area contributed by atoms with Gasteiger partial charge in [-0.25, -0.2) is 13.4 Å². The van der Waals surface area contributed by atoms with E-state index in [1.54, 1.807) is 24.1 Å². The fourth-order valence-corrected chi connectivity index (χ4v) is 6.03. The number of nitrogens with zero attached hydrogens (tertiary/aromatic N) is 6. The average Bonchev–Trinajstić information content (AvgIpc) is 3.23. The Labute approximate surface area is 213 Å². The van der Waals surface area contributed by atoms with Gasteiger partial charge in [0.15, 0.2) is 5.65 Å². The van der Waals surface area contributed by atoms with Crippen LogP contribution < -0.4 is 9.21 Å². The zero-order chi connectivity index (χ0) is 26.2. The Morgan fingerprint density at radius 1 is 1.06 bits per heavy atom. The number of hydrogen-bond donors (Lipinski definition) is 0. The summed E-state index contributed by atoms with van der Waals surface area (Å²) in [6.45, 7) is 7.07. The number of aromatic nitrogens is 3. The van der Waals surface area contributed by atoms with Crippen LogP contribution in [-0.4, -0.2) is 67.3 Å². The van der Waals surface area contributed by atoms with Crippen LogP contribution in [0.1, 0.15) is 65.8 Å². The van der Waals surface area contributed by atoms with Crippen LogP contribution in [0.4, 0.5) is 11.5 Å². The first-order valence-electron chi connectivity index (χ1n) is 12.4. The van der Waals surface area contributed by atoms with Crippen molar-refractivity contribution in [3.8, 4) is 0 Å². The number of amides is 1. The maximum absolute atomic E-state index is 13.9. The quantitative estimate of drug-likeness (QED) is 0.516. The maximum atomic E-state index is 13.9. The molecule has 3 heterocycles. The number of carbonyl (C=O) groups is 1. The molecule has 1 aliphatic heterocycles. The van der Waals surface area contributed by atoms with E-state index in [2.05, 4.69) is 9.88 Å². The van der Waals surface area contributed by atoms with Gasteiger partial charge in [0.25, 0.3) is 5.91 Å². The number of sulfonamides is 1. The molecule has 0 saturated heterocycles. The van der Waals surface area contributed by atoms with Gasteiger partial charge in [-0.05, 0) is 51.7 Å². The summed E-state index contributed by atoms with van der Waals surface area (Å²) in [6, 6.07) is 7.02. The highest BCUT2D eigenvalue weighted by molar-refractivity contribution is 7.92. The van der Waals surface area contributed by atoms with Gasteiger partial charge in [-0.3, -0.25) is 9.10 Å². The summed E-state index contributed by atoms with van der Waals surface area (Å²) in [6.07, 6.45) is 6.14. The number of anilines is 2. The van der Waals surface area contributed by atoms with Crippen molar-refractivity contribution in [3.05, 3.63) is 52.8 Å². The highest BCUT2D eigenvalue weighted by atomic mass is 32.2. The first kappa shape index (κ1) is 25.9. The highest BCUT2D eigenvalue weighted by Crippen LogP contribution is 2.31. The van der Waals surface area contributed by atoms with Crippen molar-refractivity contribution < 1.29 is 13.2 Å². The van der Waals surface area contributed by atoms with Crippen LogP contribution in [-0.2, 0) is 10.0 Å². The van der Waals surface area contributed by atoms with E-state index in [1.165, 1.54) is 10.6 Å². The van der Waals surface area contributed by atoms with Gasteiger partial charge in [0, 0.05) is 45.0 Å². The fourth-order valence-electron chi connectivity index (χ4n) is 5.05. The van der Waals surface area contributed by atoms with E-state index in [0.717, 1.165) is 47.7 Å². The SMILES string of the molecule is CCC1c2cc3ncc(C)c(n3n2)N(C)CCCCCN(S(C)(=O)=O)c2ccc(C)cc2C(=O)N1C. The molecule has 1 atom stereocenters.